The molecule has 0 radical (unpaired) electrons. The van der Waals surface area contributed by atoms with Crippen molar-refractivity contribution in [3.63, 3.8) is 0 Å². The van der Waals surface area contributed by atoms with Crippen LogP contribution in [0.25, 0.3) is 0 Å². The highest BCUT2D eigenvalue weighted by molar-refractivity contribution is 6.30. The average molecular weight is 515 g/mol. The molecular formula is C24H34Cl3N5O. The second kappa shape index (κ2) is 12.2. The zero-order valence-corrected chi connectivity index (χ0v) is 21.4. The molecule has 9 heteroatoms. The third-order valence-corrected chi connectivity index (χ3v) is 7.18. The van der Waals surface area contributed by atoms with E-state index >= 15 is 0 Å². The van der Waals surface area contributed by atoms with Crippen LogP contribution in [0.1, 0.15) is 41.6 Å². The van der Waals surface area contributed by atoms with Crippen molar-refractivity contribution in [2.45, 2.75) is 37.1 Å². The number of anilines is 1. The van der Waals surface area contributed by atoms with Crippen LogP contribution in [0.5, 0.6) is 0 Å². The summed E-state index contributed by atoms with van der Waals surface area (Å²) in [7, 11) is 2.13. The van der Waals surface area contributed by atoms with E-state index in [2.05, 4.69) is 33.2 Å². The molecule has 2 aromatic rings. The van der Waals surface area contributed by atoms with Gasteiger partial charge >= 0.3 is 0 Å². The van der Waals surface area contributed by atoms with Crippen LogP contribution in [0.4, 0.5) is 5.82 Å². The topological polar surface area (TPSA) is 74.5 Å². The number of hydrogen-bond donors (Lipinski definition) is 2. The number of nitrogens with zero attached hydrogens (tertiary/aromatic N) is 3. The molecule has 33 heavy (non-hydrogen) atoms. The van der Waals surface area contributed by atoms with Crippen LogP contribution >= 0.6 is 36.4 Å². The van der Waals surface area contributed by atoms with Gasteiger partial charge in [-0.3, -0.25) is 4.79 Å². The minimum absolute atomic E-state index is 0. The number of nitrogens with two attached hydrogens (primary N) is 1. The first-order valence-electron chi connectivity index (χ1n) is 11.2. The zero-order valence-electron chi connectivity index (χ0n) is 19.0. The first-order valence-corrected chi connectivity index (χ1v) is 11.5. The summed E-state index contributed by atoms with van der Waals surface area (Å²) in [5, 5.41) is 3.94. The van der Waals surface area contributed by atoms with Crippen molar-refractivity contribution in [2.24, 2.45) is 5.73 Å². The molecule has 2 fully saturated rings. The van der Waals surface area contributed by atoms with E-state index in [-0.39, 0.29) is 42.2 Å². The summed E-state index contributed by atoms with van der Waals surface area (Å²) in [6, 6.07) is 12.0. The van der Waals surface area contributed by atoms with Gasteiger partial charge in [0.2, 0.25) is 0 Å². The highest BCUT2D eigenvalue weighted by Gasteiger charge is 2.36. The molecule has 0 spiro atoms. The summed E-state index contributed by atoms with van der Waals surface area (Å²) in [6.45, 7) is 4.58. The van der Waals surface area contributed by atoms with Crippen LogP contribution in [0.3, 0.4) is 0 Å². The molecule has 1 aliphatic heterocycles. The van der Waals surface area contributed by atoms with Gasteiger partial charge in [-0.05, 0) is 62.6 Å². The summed E-state index contributed by atoms with van der Waals surface area (Å²) in [6.07, 6.45) is 5.39. The van der Waals surface area contributed by atoms with Crippen molar-refractivity contribution in [2.75, 3.05) is 44.7 Å². The second-order valence-electron chi connectivity index (χ2n) is 8.94. The Bertz CT molecular complexity index is 895. The summed E-state index contributed by atoms with van der Waals surface area (Å²) >= 11 is 6.21. The van der Waals surface area contributed by atoms with Crippen LogP contribution in [-0.2, 0) is 5.41 Å². The van der Waals surface area contributed by atoms with Gasteiger partial charge in [-0.2, -0.15) is 0 Å². The lowest BCUT2D eigenvalue weighted by atomic mass is 9.68. The van der Waals surface area contributed by atoms with Gasteiger partial charge in [0.1, 0.15) is 5.82 Å². The third-order valence-electron chi connectivity index (χ3n) is 6.94. The number of carbonyl (C=O) groups is 1. The molecule has 1 saturated heterocycles. The van der Waals surface area contributed by atoms with Crippen LogP contribution in [0.2, 0.25) is 5.02 Å². The summed E-state index contributed by atoms with van der Waals surface area (Å²) in [5.41, 5.74) is 7.96. The monoisotopic (exact) mass is 513 g/mol. The van der Waals surface area contributed by atoms with Crippen molar-refractivity contribution in [3.05, 3.63) is 58.7 Å². The Labute approximate surface area is 214 Å². The lowest BCUT2D eigenvalue weighted by Gasteiger charge is -2.40. The molecule has 6 nitrogen and oxygen atoms in total. The van der Waals surface area contributed by atoms with E-state index in [1.165, 1.54) is 5.56 Å². The fourth-order valence-electron chi connectivity index (χ4n) is 4.76. The molecule has 4 rings (SSSR count). The predicted molar refractivity (Wildman–Crippen MR) is 140 cm³/mol. The van der Waals surface area contributed by atoms with E-state index in [0.29, 0.717) is 12.1 Å². The fourth-order valence-corrected chi connectivity index (χ4v) is 4.95. The van der Waals surface area contributed by atoms with E-state index in [4.69, 9.17) is 17.3 Å². The number of halogens is 3. The average Bonchev–Trinajstić information content (AvgIpc) is 2.80. The van der Waals surface area contributed by atoms with Crippen LogP contribution in [0.15, 0.2) is 42.6 Å². The van der Waals surface area contributed by atoms with Gasteiger partial charge < -0.3 is 20.9 Å². The minimum atomic E-state index is -0.0577. The highest BCUT2D eigenvalue weighted by atomic mass is 35.5. The van der Waals surface area contributed by atoms with Crippen molar-refractivity contribution < 1.29 is 4.79 Å². The Morgan fingerprint density at radius 2 is 1.85 bits per heavy atom. The number of benzene rings is 1. The van der Waals surface area contributed by atoms with Gasteiger partial charge in [0, 0.05) is 55.4 Å². The summed E-state index contributed by atoms with van der Waals surface area (Å²) in [4.78, 5) is 21.9. The lowest BCUT2D eigenvalue weighted by molar-refractivity contribution is 0.0917. The molecule has 1 amide bonds. The second-order valence-corrected chi connectivity index (χ2v) is 9.37. The molecule has 2 heterocycles. The quantitative estimate of drug-likeness (QED) is 0.633. The minimum Gasteiger partial charge on any atom is -0.354 e. The maximum absolute atomic E-state index is 12.8. The third kappa shape index (κ3) is 6.52. The van der Waals surface area contributed by atoms with E-state index in [1.54, 1.807) is 6.20 Å². The Balaban J connectivity index is 0.00000193. The molecule has 3 N–H and O–H groups in total. The number of piperazine rings is 1. The predicted octanol–water partition coefficient (Wildman–Crippen LogP) is 3.90. The number of nitrogens with one attached hydrogen (secondary N) is 1. The standard InChI is InChI=1S/C24H32ClN5O.2ClH/c1-29-11-13-30(14-12-29)22-6-5-18(16-27-22)23(31)28-21-7-9-24(17-26,10-8-21)19-3-2-4-20(25)15-19;;/h2-6,15-16,21H,7-14,17,26H2,1H3,(H,28,31);2*1H. The molecule has 1 aromatic carbocycles. The molecule has 0 unspecified atom stereocenters. The fraction of sp³-hybridized carbons (Fsp3) is 0.500. The molecule has 182 valence electrons. The van der Waals surface area contributed by atoms with Crippen molar-refractivity contribution in [1.82, 2.24) is 15.2 Å². The number of carbonyl (C=O) groups excluding carboxylic acids is 1. The SMILES string of the molecule is CN1CCN(c2ccc(C(=O)NC3CCC(CN)(c4cccc(Cl)c4)CC3)cn2)CC1.Cl.Cl. The normalized spacial score (nSPS) is 23.2. The molecule has 1 saturated carbocycles. The Kier molecular flexibility index (Phi) is 10.3. The molecule has 0 bridgehead atoms. The number of aromatic nitrogens is 1. The van der Waals surface area contributed by atoms with Gasteiger partial charge in [-0.15, -0.1) is 24.8 Å². The van der Waals surface area contributed by atoms with Crippen molar-refractivity contribution in [3.8, 4) is 0 Å². The molecule has 1 aromatic heterocycles. The Hall–Kier alpha value is -1.57. The van der Waals surface area contributed by atoms with Gasteiger partial charge in [-0.1, -0.05) is 23.7 Å². The zero-order chi connectivity index (χ0) is 21.8. The van der Waals surface area contributed by atoms with E-state index in [9.17, 15) is 4.79 Å². The molecule has 0 atom stereocenters. The van der Waals surface area contributed by atoms with Gasteiger partial charge in [0.05, 0.1) is 5.56 Å². The van der Waals surface area contributed by atoms with E-state index in [1.807, 2.05) is 30.3 Å². The summed E-state index contributed by atoms with van der Waals surface area (Å²) in [5.74, 6) is 0.891. The maximum atomic E-state index is 12.8. The number of rotatable bonds is 5. The van der Waals surface area contributed by atoms with Gasteiger partial charge in [0.25, 0.3) is 5.91 Å². The molecular weight excluding hydrogens is 481 g/mol. The Morgan fingerprint density at radius 3 is 2.42 bits per heavy atom. The van der Waals surface area contributed by atoms with Crippen LogP contribution in [0, 0.1) is 0 Å². The van der Waals surface area contributed by atoms with Crippen molar-refractivity contribution >= 4 is 48.1 Å². The summed E-state index contributed by atoms with van der Waals surface area (Å²) < 4.78 is 0. The maximum Gasteiger partial charge on any atom is 0.253 e. The number of amides is 1. The van der Waals surface area contributed by atoms with Gasteiger partial charge in [0.15, 0.2) is 0 Å². The number of likely N-dealkylation sites (N-methyl/N-ethyl adjacent to an activating group) is 1. The van der Waals surface area contributed by atoms with E-state index in [0.717, 1.165) is 62.7 Å². The largest absolute Gasteiger partial charge is 0.354 e. The molecule has 2 aliphatic rings. The highest BCUT2D eigenvalue weighted by Crippen LogP contribution is 2.39. The number of hydrogen-bond acceptors (Lipinski definition) is 5. The van der Waals surface area contributed by atoms with Crippen LogP contribution in [-0.4, -0.2) is 61.6 Å². The lowest BCUT2D eigenvalue weighted by Crippen LogP contribution is -2.45. The number of pyridine rings is 1. The van der Waals surface area contributed by atoms with E-state index < -0.39 is 0 Å². The van der Waals surface area contributed by atoms with Gasteiger partial charge in [-0.25, -0.2) is 4.98 Å². The Morgan fingerprint density at radius 1 is 1.15 bits per heavy atom. The first-order chi connectivity index (χ1) is 15.0. The smallest absolute Gasteiger partial charge is 0.253 e. The first kappa shape index (κ1) is 27.7. The molecule has 1 aliphatic carbocycles. The van der Waals surface area contributed by atoms with Crippen molar-refractivity contribution in [1.29, 1.82) is 0 Å². The van der Waals surface area contributed by atoms with Crippen LogP contribution < -0.4 is 16.0 Å².